The summed E-state index contributed by atoms with van der Waals surface area (Å²) >= 11 is 6.28. The van der Waals surface area contributed by atoms with Crippen molar-refractivity contribution >= 4 is 40.4 Å². The van der Waals surface area contributed by atoms with Gasteiger partial charge in [0.05, 0.1) is 5.52 Å². The number of pyridine rings is 1. The fourth-order valence-electron chi connectivity index (χ4n) is 3.73. The molecule has 0 spiro atoms. The number of rotatable bonds is 5. The number of hydrogen-bond donors (Lipinski definition) is 1. The first-order valence-electron chi connectivity index (χ1n) is 9.56. The van der Waals surface area contributed by atoms with Gasteiger partial charge in [-0.25, -0.2) is 9.78 Å². The number of benzene rings is 1. The number of amides is 3. The monoisotopic (exact) mass is 415 g/mol. The second-order valence-corrected chi connectivity index (χ2v) is 8.33. The Labute approximate surface area is 173 Å². The molecular formula is C21H22ClN3O4. The number of imide groups is 1. The maximum atomic E-state index is 12.6. The van der Waals surface area contributed by atoms with Gasteiger partial charge < -0.3 is 10.1 Å². The Balaban J connectivity index is 1.43. The van der Waals surface area contributed by atoms with Crippen LogP contribution in [0, 0.1) is 19.8 Å². The number of nitrogens with zero attached hydrogens (tertiary/aromatic N) is 2. The van der Waals surface area contributed by atoms with Crippen LogP contribution in [-0.4, -0.2) is 39.9 Å². The van der Waals surface area contributed by atoms with E-state index < -0.39 is 24.1 Å². The van der Waals surface area contributed by atoms with Gasteiger partial charge in [0.2, 0.25) is 0 Å². The quantitative estimate of drug-likeness (QED) is 0.460. The highest BCUT2D eigenvalue weighted by molar-refractivity contribution is 6.30. The highest BCUT2D eigenvalue weighted by Crippen LogP contribution is 2.42. The van der Waals surface area contributed by atoms with Crippen LogP contribution in [0.25, 0.3) is 10.9 Å². The molecule has 0 unspecified atom stereocenters. The van der Waals surface area contributed by atoms with Gasteiger partial charge in [0, 0.05) is 10.9 Å². The second-order valence-electron chi connectivity index (χ2n) is 7.98. The molecule has 2 aliphatic rings. The van der Waals surface area contributed by atoms with E-state index in [0.29, 0.717) is 5.56 Å². The molecule has 1 aromatic carbocycles. The third-order valence-electron chi connectivity index (χ3n) is 5.91. The molecule has 1 saturated carbocycles. The van der Waals surface area contributed by atoms with Crippen LogP contribution in [0.4, 0.5) is 4.79 Å². The maximum Gasteiger partial charge on any atom is 0.326 e. The molecule has 1 aromatic heterocycles. The number of urea groups is 1. The number of carbonyl (C=O) groups excluding carboxylic acids is 3. The van der Waals surface area contributed by atoms with Crippen molar-refractivity contribution in [2.75, 3.05) is 6.54 Å². The number of esters is 1. The standard InChI is InChI=1S/C21H22ClN3O4/c1-11-4-5-13-8-14(18(22)23-17(13)12(11)2)10-29-16(26)9-25-19(27)21(3,15-6-7-15)24-20(25)28/h4-5,8,15H,6-7,9-10H2,1-3H3,(H,24,28)/t21-/m1/s1. The van der Waals surface area contributed by atoms with E-state index in [-0.39, 0.29) is 23.6 Å². The molecule has 2 heterocycles. The van der Waals surface area contributed by atoms with Crippen molar-refractivity contribution in [3.63, 3.8) is 0 Å². The van der Waals surface area contributed by atoms with Crippen molar-refractivity contribution in [1.82, 2.24) is 15.2 Å². The van der Waals surface area contributed by atoms with Gasteiger partial charge in [0.1, 0.15) is 23.8 Å². The minimum Gasteiger partial charge on any atom is -0.459 e. The summed E-state index contributed by atoms with van der Waals surface area (Å²) in [6.45, 7) is 5.18. The Kier molecular flexibility index (Phi) is 4.73. The average molecular weight is 416 g/mol. The first-order chi connectivity index (χ1) is 13.7. The fourth-order valence-corrected chi connectivity index (χ4v) is 3.93. The van der Waals surface area contributed by atoms with Crippen LogP contribution in [0.15, 0.2) is 18.2 Å². The molecule has 7 nitrogen and oxygen atoms in total. The minimum absolute atomic E-state index is 0.0862. The molecule has 0 bridgehead atoms. The molecule has 152 valence electrons. The minimum atomic E-state index is -0.918. The Hall–Kier alpha value is -2.67. The predicted octanol–water partition coefficient (Wildman–Crippen LogP) is 3.27. The van der Waals surface area contributed by atoms with E-state index in [2.05, 4.69) is 10.3 Å². The van der Waals surface area contributed by atoms with E-state index in [9.17, 15) is 14.4 Å². The molecule has 2 fully saturated rings. The summed E-state index contributed by atoms with van der Waals surface area (Å²) in [6, 6.07) is 5.22. The van der Waals surface area contributed by atoms with Gasteiger partial charge in [-0.1, -0.05) is 23.7 Å². The van der Waals surface area contributed by atoms with Gasteiger partial charge >= 0.3 is 12.0 Å². The van der Waals surface area contributed by atoms with Crippen LogP contribution in [0.3, 0.4) is 0 Å². The predicted molar refractivity (Wildman–Crippen MR) is 107 cm³/mol. The number of aryl methyl sites for hydroxylation is 2. The smallest absolute Gasteiger partial charge is 0.326 e. The lowest BCUT2D eigenvalue weighted by molar-refractivity contribution is -0.148. The summed E-state index contributed by atoms with van der Waals surface area (Å²) in [4.78, 5) is 42.4. The Morgan fingerprint density at radius 3 is 2.76 bits per heavy atom. The zero-order valence-electron chi connectivity index (χ0n) is 16.5. The van der Waals surface area contributed by atoms with Gasteiger partial charge in [-0.2, -0.15) is 0 Å². The van der Waals surface area contributed by atoms with Crippen LogP contribution < -0.4 is 5.32 Å². The number of hydrogen-bond acceptors (Lipinski definition) is 5. The number of aromatic nitrogens is 1. The van der Waals surface area contributed by atoms with E-state index in [0.717, 1.165) is 39.8 Å². The number of nitrogens with one attached hydrogen (secondary N) is 1. The first-order valence-corrected chi connectivity index (χ1v) is 9.93. The largest absolute Gasteiger partial charge is 0.459 e. The third kappa shape index (κ3) is 3.44. The molecular weight excluding hydrogens is 394 g/mol. The normalized spacial score (nSPS) is 21.6. The van der Waals surface area contributed by atoms with E-state index in [1.54, 1.807) is 6.92 Å². The topological polar surface area (TPSA) is 88.6 Å². The van der Waals surface area contributed by atoms with E-state index in [1.165, 1.54) is 0 Å². The summed E-state index contributed by atoms with van der Waals surface area (Å²) in [5.41, 5.74) is 2.62. The SMILES string of the molecule is Cc1ccc2cc(COC(=O)CN3C(=O)N[C@](C)(C4CC4)C3=O)c(Cl)nc2c1C. The van der Waals surface area contributed by atoms with Gasteiger partial charge in [-0.15, -0.1) is 0 Å². The van der Waals surface area contributed by atoms with Crippen molar-refractivity contribution in [1.29, 1.82) is 0 Å². The summed E-state index contributed by atoms with van der Waals surface area (Å²) in [5, 5.41) is 3.87. The molecule has 29 heavy (non-hydrogen) atoms. The van der Waals surface area contributed by atoms with Crippen LogP contribution in [0.1, 0.15) is 36.5 Å². The molecule has 2 aromatic rings. The zero-order chi connectivity index (χ0) is 20.9. The molecule has 1 N–H and O–H groups in total. The maximum absolute atomic E-state index is 12.6. The molecule has 8 heteroatoms. The summed E-state index contributed by atoms with van der Waals surface area (Å²) in [5.74, 6) is -0.919. The molecule has 1 aliphatic carbocycles. The molecule has 1 aliphatic heterocycles. The van der Waals surface area contributed by atoms with E-state index in [4.69, 9.17) is 16.3 Å². The number of ether oxygens (including phenoxy) is 1. The van der Waals surface area contributed by atoms with Crippen molar-refractivity contribution in [3.8, 4) is 0 Å². The highest BCUT2D eigenvalue weighted by Gasteiger charge is 2.56. The summed E-state index contributed by atoms with van der Waals surface area (Å²) < 4.78 is 5.28. The lowest BCUT2D eigenvalue weighted by Gasteiger charge is -2.20. The Bertz CT molecular complexity index is 1050. The molecule has 4 rings (SSSR count). The molecule has 1 atom stereocenters. The molecule has 1 saturated heterocycles. The highest BCUT2D eigenvalue weighted by atomic mass is 35.5. The number of halogens is 1. The lowest BCUT2D eigenvalue weighted by atomic mass is 9.96. The second kappa shape index (κ2) is 6.99. The Morgan fingerprint density at radius 2 is 2.07 bits per heavy atom. The van der Waals surface area contributed by atoms with E-state index in [1.807, 2.05) is 32.0 Å². The summed E-state index contributed by atoms with van der Waals surface area (Å²) in [6.07, 6.45) is 1.79. The van der Waals surface area contributed by atoms with Gasteiger partial charge in [0.15, 0.2) is 0 Å². The van der Waals surface area contributed by atoms with Crippen molar-refractivity contribution in [2.45, 2.75) is 45.8 Å². The third-order valence-corrected chi connectivity index (χ3v) is 6.24. The summed E-state index contributed by atoms with van der Waals surface area (Å²) in [7, 11) is 0. The first kappa shape index (κ1) is 19.6. The van der Waals surface area contributed by atoms with Crippen molar-refractivity contribution in [3.05, 3.63) is 40.0 Å². The van der Waals surface area contributed by atoms with Crippen LogP contribution in [-0.2, 0) is 20.9 Å². The fraction of sp³-hybridized carbons (Fsp3) is 0.429. The van der Waals surface area contributed by atoms with Crippen molar-refractivity contribution in [2.24, 2.45) is 5.92 Å². The van der Waals surface area contributed by atoms with Gasteiger partial charge in [-0.05, 0) is 56.7 Å². The van der Waals surface area contributed by atoms with Crippen molar-refractivity contribution < 1.29 is 19.1 Å². The lowest BCUT2D eigenvalue weighted by Crippen LogP contribution is -2.46. The van der Waals surface area contributed by atoms with Crippen LogP contribution >= 0.6 is 11.6 Å². The zero-order valence-corrected chi connectivity index (χ0v) is 17.3. The molecule has 3 amide bonds. The van der Waals surface area contributed by atoms with Crippen LogP contribution in [0.2, 0.25) is 5.15 Å². The number of fused-ring (bicyclic) bond motifs is 1. The van der Waals surface area contributed by atoms with Crippen LogP contribution in [0.5, 0.6) is 0 Å². The Morgan fingerprint density at radius 1 is 1.34 bits per heavy atom. The van der Waals surface area contributed by atoms with Gasteiger partial charge in [-0.3, -0.25) is 14.5 Å². The average Bonchev–Trinajstić information content (AvgIpc) is 3.50. The van der Waals surface area contributed by atoms with E-state index >= 15 is 0 Å². The number of carbonyl (C=O) groups is 3. The molecule has 0 radical (unpaired) electrons. The van der Waals surface area contributed by atoms with Gasteiger partial charge in [0.25, 0.3) is 5.91 Å².